The minimum atomic E-state index is -0.410. The fourth-order valence-corrected chi connectivity index (χ4v) is 1.96. The van der Waals surface area contributed by atoms with Crippen LogP contribution in [0.1, 0.15) is 0 Å². The summed E-state index contributed by atoms with van der Waals surface area (Å²) >= 11 is 0. The van der Waals surface area contributed by atoms with E-state index in [1.807, 2.05) is 0 Å². The number of nitrogens with zero attached hydrogens (tertiary/aromatic N) is 1. The highest BCUT2D eigenvalue weighted by atomic mass is 16.6. The quantitative estimate of drug-likeness (QED) is 0.609. The molecule has 0 radical (unpaired) electrons. The van der Waals surface area contributed by atoms with Crippen LogP contribution in [0.2, 0.25) is 0 Å². The number of benzene rings is 1. The second-order valence-electron chi connectivity index (χ2n) is 4.27. The minimum Gasteiger partial charge on any atom is -0.486 e. The molecule has 1 aromatic carbocycles. The summed E-state index contributed by atoms with van der Waals surface area (Å²) in [5.41, 5.74) is 0.502. The molecule has 0 amide bonds. The molecule has 0 aliphatic carbocycles. The van der Waals surface area contributed by atoms with Gasteiger partial charge in [-0.25, -0.2) is 0 Å². The maximum absolute atomic E-state index is 11.0. The van der Waals surface area contributed by atoms with Crippen molar-refractivity contribution in [3.8, 4) is 11.5 Å². The molecule has 1 aromatic rings. The lowest BCUT2D eigenvalue weighted by Crippen LogP contribution is -2.51. The van der Waals surface area contributed by atoms with Crippen LogP contribution in [-0.2, 0) is 0 Å². The number of nitro groups is 1. The fourth-order valence-electron chi connectivity index (χ4n) is 1.96. The van der Waals surface area contributed by atoms with Crippen molar-refractivity contribution in [2.24, 2.45) is 0 Å². The molecule has 0 saturated carbocycles. The first kappa shape index (κ1) is 11.1. The Morgan fingerprint density at radius 3 is 2.50 bits per heavy atom. The van der Waals surface area contributed by atoms with Crippen LogP contribution < -0.4 is 20.1 Å². The number of hydrogen-bond acceptors (Lipinski definition) is 6. The summed E-state index contributed by atoms with van der Waals surface area (Å²) in [5.74, 6) is 0.992. The second-order valence-corrected chi connectivity index (χ2v) is 4.27. The molecule has 2 aliphatic rings. The van der Waals surface area contributed by atoms with Crippen molar-refractivity contribution in [2.45, 2.75) is 6.04 Å². The first-order valence-electron chi connectivity index (χ1n) is 5.79. The third kappa shape index (κ3) is 1.92. The number of rotatable bonds is 3. The van der Waals surface area contributed by atoms with Crippen molar-refractivity contribution < 1.29 is 14.4 Å². The normalized spacial score (nSPS) is 18.0. The molecule has 0 spiro atoms. The van der Waals surface area contributed by atoms with Crippen molar-refractivity contribution in [1.82, 2.24) is 5.32 Å². The number of ether oxygens (including phenoxy) is 2. The Kier molecular flexibility index (Phi) is 2.67. The van der Waals surface area contributed by atoms with Gasteiger partial charge in [-0.2, -0.15) is 0 Å². The molecule has 0 unspecified atom stereocenters. The Labute approximate surface area is 103 Å². The van der Waals surface area contributed by atoms with Gasteiger partial charge in [-0.3, -0.25) is 10.1 Å². The van der Waals surface area contributed by atoms with E-state index in [-0.39, 0.29) is 11.7 Å². The first-order chi connectivity index (χ1) is 8.74. The van der Waals surface area contributed by atoms with Gasteiger partial charge < -0.3 is 20.1 Å². The largest absolute Gasteiger partial charge is 0.486 e. The smallest absolute Gasteiger partial charge is 0.296 e. The lowest BCUT2D eigenvalue weighted by atomic mass is 10.1. The van der Waals surface area contributed by atoms with E-state index >= 15 is 0 Å². The van der Waals surface area contributed by atoms with Crippen molar-refractivity contribution in [3.63, 3.8) is 0 Å². The molecule has 2 heterocycles. The van der Waals surface area contributed by atoms with E-state index in [1.54, 1.807) is 6.07 Å². The summed E-state index contributed by atoms with van der Waals surface area (Å²) in [7, 11) is 0. The molecule has 2 N–H and O–H groups in total. The van der Waals surface area contributed by atoms with Gasteiger partial charge in [0, 0.05) is 19.2 Å². The molecule has 18 heavy (non-hydrogen) atoms. The Bertz CT molecular complexity index is 487. The molecular formula is C11H13N3O4. The van der Waals surface area contributed by atoms with E-state index in [1.165, 1.54) is 6.07 Å². The number of nitro benzene ring substituents is 1. The van der Waals surface area contributed by atoms with E-state index < -0.39 is 4.92 Å². The maximum atomic E-state index is 11.0. The van der Waals surface area contributed by atoms with Gasteiger partial charge in [0.2, 0.25) is 0 Å². The molecule has 0 bridgehead atoms. The van der Waals surface area contributed by atoms with Crippen LogP contribution in [0.4, 0.5) is 11.4 Å². The average molecular weight is 251 g/mol. The standard InChI is InChI=1S/C11H13N3O4/c15-14(16)9-4-11-10(17-1-2-18-11)3-8(9)13-7-5-12-6-7/h3-4,7,12-13H,1-2,5-6H2. The Hall–Kier alpha value is -2.02. The van der Waals surface area contributed by atoms with Crippen LogP contribution in [0.5, 0.6) is 11.5 Å². The van der Waals surface area contributed by atoms with E-state index in [2.05, 4.69) is 10.6 Å². The molecule has 3 rings (SSSR count). The summed E-state index contributed by atoms with van der Waals surface area (Å²) in [4.78, 5) is 10.6. The summed E-state index contributed by atoms with van der Waals surface area (Å²) in [5, 5.41) is 17.3. The van der Waals surface area contributed by atoms with Crippen LogP contribution in [0, 0.1) is 10.1 Å². The van der Waals surface area contributed by atoms with Crippen LogP contribution >= 0.6 is 0 Å². The average Bonchev–Trinajstić information content (AvgIpc) is 2.32. The van der Waals surface area contributed by atoms with Gasteiger partial charge in [0.25, 0.3) is 5.69 Å². The van der Waals surface area contributed by atoms with Gasteiger partial charge in [0.1, 0.15) is 18.9 Å². The van der Waals surface area contributed by atoms with Gasteiger partial charge in [-0.05, 0) is 0 Å². The highest BCUT2D eigenvalue weighted by molar-refractivity contribution is 5.69. The molecule has 1 fully saturated rings. The van der Waals surface area contributed by atoms with E-state index in [0.29, 0.717) is 30.4 Å². The highest BCUT2D eigenvalue weighted by Crippen LogP contribution is 2.39. The molecular weight excluding hydrogens is 238 g/mol. The zero-order valence-electron chi connectivity index (χ0n) is 9.64. The van der Waals surface area contributed by atoms with Crippen LogP contribution in [0.25, 0.3) is 0 Å². The van der Waals surface area contributed by atoms with Crippen LogP contribution in [-0.4, -0.2) is 37.3 Å². The Balaban J connectivity index is 1.95. The lowest BCUT2D eigenvalue weighted by molar-refractivity contribution is -0.384. The van der Waals surface area contributed by atoms with Crippen molar-refractivity contribution in [3.05, 3.63) is 22.2 Å². The summed E-state index contributed by atoms with van der Waals surface area (Å²) in [6, 6.07) is 3.29. The third-order valence-corrected chi connectivity index (χ3v) is 3.00. The van der Waals surface area contributed by atoms with Gasteiger partial charge >= 0.3 is 0 Å². The monoisotopic (exact) mass is 251 g/mol. The summed E-state index contributed by atoms with van der Waals surface area (Å²) < 4.78 is 10.8. The zero-order valence-corrected chi connectivity index (χ0v) is 9.64. The number of fused-ring (bicyclic) bond motifs is 1. The van der Waals surface area contributed by atoms with Gasteiger partial charge in [-0.1, -0.05) is 0 Å². The van der Waals surface area contributed by atoms with E-state index in [4.69, 9.17) is 9.47 Å². The third-order valence-electron chi connectivity index (χ3n) is 3.00. The second kappa shape index (κ2) is 4.34. The molecule has 7 heteroatoms. The SMILES string of the molecule is O=[N+]([O-])c1cc2c(cc1NC1CNC1)OCCO2. The predicted octanol–water partition coefficient (Wildman–Crippen LogP) is 0.750. The van der Waals surface area contributed by atoms with Crippen molar-refractivity contribution in [2.75, 3.05) is 31.6 Å². The lowest BCUT2D eigenvalue weighted by Gasteiger charge is -2.29. The Morgan fingerprint density at radius 1 is 1.28 bits per heavy atom. The van der Waals surface area contributed by atoms with Gasteiger partial charge in [-0.15, -0.1) is 0 Å². The van der Waals surface area contributed by atoms with E-state index in [9.17, 15) is 10.1 Å². The topological polar surface area (TPSA) is 85.7 Å². The minimum absolute atomic E-state index is 0.0196. The fraction of sp³-hybridized carbons (Fsp3) is 0.455. The molecule has 0 aromatic heterocycles. The summed E-state index contributed by atoms with van der Waals surface area (Å²) in [6.07, 6.45) is 0. The molecule has 7 nitrogen and oxygen atoms in total. The molecule has 1 saturated heterocycles. The first-order valence-corrected chi connectivity index (χ1v) is 5.79. The van der Waals surface area contributed by atoms with Crippen LogP contribution in [0.15, 0.2) is 12.1 Å². The van der Waals surface area contributed by atoms with E-state index in [0.717, 1.165) is 13.1 Å². The number of hydrogen-bond donors (Lipinski definition) is 2. The number of nitrogens with one attached hydrogen (secondary N) is 2. The Morgan fingerprint density at radius 2 is 1.94 bits per heavy atom. The summed E-state index contributed by atoms with van der Waals surface area (Å²) in [6.45, 7) is 2.51. The molecule has 96 valence electrons. The highest BCUT2D eigenvalue weighted by Gasteiger charge is 2.25. The zero-order chi connectivity index (χ0) is 12.5. The van der Waals surface area contributed by atoms with Crippen molar-refractivity contribution >= 4 is 11.4 Å². The van der Waals surface area contributed by atoms with Gasteiger partial charge in [0.15, 0.2) is 11.5 Å². The number of anilines is 1. The van der Waals surface area contributed by atoms with Gasteiger partial charge in [0.05, 0.1) is 17.0 Å². The van der Waals surface area contributed by atoms with Crippen molar-refractivity contribution in [1.29, 1.82) is 0 Å². The van der Waals surface area contributed by atoms with Crippen LogP contribution in [0.3, 0.4) is 0 Å². The molecule has 0 atom stereocenters. The molecule has 2 aliphatic heterocycles. The maximum Gasteiger partial charge on any atom is 0.296 e. The predicted molar refractivity (Wildman–Crippen MR) is 64.4 cm³/mol.